The van der Waals surface area contributed by atoms with Gasteiger partial charge in [0.05, 0.1) is 11.1 Å². The molecular formula is C15H18ClN7O2. The van der Waals surface area contributed by atoms with Crippen LogP contribution in [-0.4, -0.2) is 49.3 Å². The Morgan fingerprint density at radius 3 is 2.52 bits per heavy atom. The molecule has 1 aromatic heterocycles. The van der Waals surface area contributed by atoms with Crippen molar-refractivity contribution < 1.29 is 4.92 Å². The summed E-state index contributed by atoms with van der Waals surface area (Å²) in [5, 5.41) is 15.3. The molecule has 132 valence electrons. The van der Waals surface area contributed by atoms with Gasteiger partial charge in [0.25, 0.3) is 5.69 Å². The number of aromatic nitrogens is 2. The lowest BCUT2D eigenvalue weighted by Crippen LogP contribution is -2.17. The number of hydrogen-bond donors (Lipinski definition) is 1. The molecule has 1 heterocycles. The zero-order valence-electron chi connectivity index (χ0n) is 14.3. The minimum Gasteiger partial charge on any atom is -0.363 e. The summed E-state index contributed by atoms with van der Waals surface area (Å²) >= 11 is 6.04. The first kappa shape index (κ1) is 18.4. The zero-order valence-corrected chi connectivity index (χ0v) is 15.0. The standard InChI is InChI=1S/C15H18ClN7O2/c1-21(2)14-8-13(18-15(19-14)22(3)4)20-17-9-10-7-11(23(24)25)5-6-12(10)16/h5-9H,1-4H3,(H,18,19,20)/b17-9-. The summed E-state index contributed by atoms with van der Waals surface area (Å²) in [6, 6.07) is 5.88. The number of benzene rings is 1. The smallest absolute Gasteiger partial charge is 0.270 e. The summed E-state index contributed by atoms with van der Waals surface area (Å²) in [6.45, 7) is 0. The van der Waals surface area contributed by atoms with Crippen molar-refractivity contribution in [1.29, 1.82) is 0 Å². The van der Waals surface area contributed by atoms with Crippen molar-refractivity contribution in [2.24, 2.45) is 5.10 Å². The number of rotatable bonds is 6. The quantitative estimate of drug-likeness (QED) is 0.478. The molecule has 0 atom stereocenters. The molecule has 0 aliphatic rings. The second kappa shape index (κ2) is 7.75. The van der Waals surface area contributed by atoms with Crippen molar-refractivity contribution >= 4 is 41.1 Å². The number of nitro groups is 1. The number of non-ortho nitro benzene ring substituents is 1. The molecule has 25 heavy (non-hydrogen) atoms. The van der Waals surface area contributed by atoms with Gasteiger partial charge in [-0.05, 0) is 6.07 Å². The molecule has 0 bridgehead atoms. The molecule has 0 saturated heterocycles. The molecule has 0 aliphatic heterocycles. The summed E-state index contributed by atoms with van der Waals surface area (Å²) in [5.74, 6) is 1.72. The number of halogens is 1. The Kier molecular flexibility index (Phi) is 5.71. The van der Waals surface area contributed by atoms with Crippen LogP contribution in [0, 0.1) is 10.1 Å². The van der Waals surface area contributed by atoms with Crippen LogP contribution in [0.1, 0.15) is 5.56 Å². The highest BCUT2D eigenvalue weighted by Crippen LogP contribution is 2.21. The fourth-order valence-corrected chi connectivity index (χ4v) is 1.99. The van der Waals surface area contributed by atoms with Gasteiger partial charge in [0.15, 0.2) is 5.82 Å². The summed E-state index contributed by atoms with van der Waals surface area (Å²) in [7, 11) is 7.42. The van der Waals surface area contributed by atoms with Crippen molar-refractivity contribution in [3.8, 4) is 0 Å². The lowest BCUT2D eigenvalue weighted by molar-refractivity contribution is -0.384. The fraction of sp³-hybridized carbons (Fsp3) is 0.267. The van der Waals surface area contributed by atoms with Gasteiger partial charge < -0.3 is 9.80 Å². The second-order valence-corrected chi connectivity index (χ2v) is 5.94. The topological polar surface area (TPSA) is 99.8 Å². The van der Waals surface area contributed by atoms with E-state index in [0.717, 1.165) is 0 Å². The Hall–Kier alpha value is -2.94. The molecule has 0 radical (unpaired) electrons. The van der Waals surface area contributed by atoms with Crippen LogP contribution in [-0.2, 0) is 0 Å². The van der Waals surface area contributed by atoms with Crippen LogP contribution < -0.4 is 15.2 Å². The van der Waals surface area contributed by atoms with E-state index >= 15 is 0 Å². The second-order valence-electron chi connectivity index (χ2n) is 5.53. The number of nitrogens with one attached hydrogen (secondary N) is 1. The Bertz CT molecular complexity index is 782. The van der Waals surface area contributed by atoms with Gasteiger partial charge in [-0.25, -0.2) is 0 Å². The van der Waals surface area contributed by atoms with Crippen molar-refractivity contribution in [1.82, 2.24) is 9.97 Å². The molecule has 2 aromatic rings. The largest absolute Gasteiger partial charge is 0.363 e. The van der Waals surface area contributed by atoms with Gasteiger partial charge in [-0.2, -0.15) is 15.1 Å². The summed E-state index contributed by atoms with van der Waals surface area (Å²) in [6.07, 6.45) is 1.40. The van der Waals surface area contributed by atoms with E-state index < -0.39 is 4.92 Å². The average molecular weight is 364 g/mol. The van der Waals surface area contributed by atoms with E-state index in [1.54, 1.807) is 11.0 Å². The van der Waals surface area contributed by atoms with Gasteiger partial charge in [0, 0.05) is 57.0 Å². The third kappa shape index (κ3) is 4.77. The van der Waals surface area contributed by atoms with E-state index in [1.807, 2.05) is 33.1 Å². The van der Waals surface area contributed by atoms with Crippen LogP contribution in [0.3, 0.4) is 0 Å². The molecule has 0 spiro atoms. The Morgan fingerprint density at radius 2 is 1.92 bits per heavy atom. The molecule has 0 fully saturated rings. The molecule has 0 aliphatic carbocycles. The van der Waals surface area contributed by atoms with Gasteiger partial charge in [0.1, 0.15) is 5.82 Å². The highest BCUT2D eigenvalue weighted by molar-refractivity contribution is 6.33. The van der Waals surface area contributed by atoms with E-state index in [1.165, 1.54) is 24.4 Å². The lowest BCUT2D eigenvalue weighted by Gasteiger charge is -2.16. The molecule has 1 aromatic carbocycles. The average Bonchev–Trinajstić information content (AvgIpc) is 2.56. The van der Waals surface area contributed by atoms with Crippen molar-refractivity contribution in [2.45, 2.75) is 0 Å². The summed E-state index contributed by atoms with van der Waals surface area (Å²) in [4.78, 5) is 22.7. The highest BCUT2D eigenvalue weighted by Gasteiger charge is 2.09. The van der Waals surface area contributed by atoms with Crippen molar-refractivity contribution in [3.05, 3.63) is 45.0 Å². The molecule has 0 unspecified atom stereocenters. The predicted octanol–water partition coefficient (Wildman–Crippen LogP) is 2.62. The highest BCUT2D eigenvalue weighted by atomic mass is 35.5. The number of nitro benzene ring substituents is 1. The summed E-state index contributed by atoms with van der Waals surface area (Å²) in [5.41, 5.74) is 3.17. The minimum absolute atomic E-state index is 0.0577. The molecule has 0 amide bonds. The minimum atomic E-state index is -0.488. The molecule has 0 saturated carbocycles. The predicted molar refractivity (Wildman–Crippen MR) is 100 cm³/mol. The Balaban J connectivity index is 2.25. The lowest BCUT2D eigenvalue weighted by atomic mass is 10.2. The Labute approximate surface area is 150 Å². The monoisotopic (exact) mass is 363 g/mol. The van der Waals surface area contributed by atoms with Crippen LogP contribution in [0.4, 0.5) is 23.3 Å². The maximum atomic E-state index is 10.8. The van der Waals surface area contributed by atoms with E-state index in [0.29, 0.717) is 28.2 Å². The van der Waals surface area contributed by atoms with Crippen LogP contribution >= 0.6 is 11.6 Å². The molecule has 10 heteroatoms. The first-order valence-electron chi connectivity index (χ1n) is 7.24. The third-order valence-corrected chi connectivity index (χ3v) is 3.48. The van der Waals surface area contributed by atoms with E-state index in [2.05, 4.69) is 20.5 Å². The number of anilines is 3. The van der Waals surface area contributed by atoms with Gasteiger partial charge >= 0.3 is 0 Å². The number of nitrogens with zero attached hydrogens (tertiary/aromatic N) is 6. The van der Waals surface area contributed by atoms with Crippen LogP contribution in [0.15, 0.2) is 29.4 Å². The maximum Gasteiger partial charge on any atom is 0.270 e. The normalized spacial score (nSPS) is 10.8. The van der Waals surface area contributed by atoms with Crippen LogP contribution in [0.5, 0.6) is 0 Å². The van der Waals surface area contributed by atoms with Crippen LogP contribution in [0.25, 0.3) is 0 Å². The SMILES string of the molecule is CN(C)c1cc(N/N=C\c2cc([N+](=O)[O-])ccc2Cl)nc(N(C)C)n1. The molecule has 2 rings (SSSR count). The maximum absolute atomic E-state index is 10.8. The van der Waals surface area contributed by atoms with E-state index in [9.17, 15) is 10.1 Å². The van der Waals surface area contributed by atoms with Gasteiger partial charge in [-0.3, -0.25) is 15.5 Å². The number of hydrogen-bond acceptors (Lipinski definition) is 8. The Morgan fingerprint density at radius 1 is 1.20 bits per heavy atom. The first-order valence-corrected chi connectivity index (χ1v) is 7.62. The van der Waals surface area contributed by atoms with E-state index in [4.69, 9.17) is 11.6 Å². The third-order valence-electron chi connectivity index (χ3n) is 3.13. The van der Waals surface area contributed by atoms with Gasteiger partial charge in [0.2, 0.25) is 5.95 Å². The fourth-order valence-electron chi connectivity index (χ4n) is 1.82. The summed E-state index contributed by atoms with van der Waals surface area (Å²) < 4.78 is 0. The van der Waals surface area contributed by atoms with Gasteiger partial charge in [-0.1, -0.05) is 11.6 Å². The van der Waals surface area contributed by atoms with Crippen molar-refractivity contribution in [2.75, 3.05) is 43.4 Å². The van der Waals surface area contributed by atoms with Crippen molar-refractivity contribution in [3.63, 3.8) is 0 Å². The van der Waals surface area contributed by atoms with Crippen LogP contribution in [0.2, 0.25) is 5.02 Å². The number of hydrazone groups is 1. The molecule has 9 nitrogen and oxygen atoms in total. The first-order chi connectivity index (χ1) is 11.8. The van der Waals surface area contributed by atoms with E-state index in [-0.39, 0.29) is 5.69 Å². The molecular weight excluding hydrogens is 346 g/mol. The van der Waals surface area contributed by atoms with Gasteiger partial charge in [-0.15, -0.1) is 0 Å². The zero-order chi connectivity index (χ0) is 18.6. The molecule has 1 N–H and O–H groups in total.